The Labute approximate surface area is 142 Å². The number of nitrogens with zero attached hydrogens (tertiary/aromatic N) is 1. The third-order valence-electron chi connectivity index (χ3n) is 4.43. The highest BCUT2D eigenvalue weighted by Crippen LogP contribution is 2.54. The summed E-state index contributed by atoms with van der Waals surface area (Å²) < 4.78 is 13.8. The van der Waals surface area contributed by atoms with Crippen LogP contribution in [0.2, 0.25) is 0 Å². The molecule has 8 unspecified atom stereocenters. The van der Waals surface area contributed by atoms with Crippen molar-refractivity contribution in [1.82, 2.24) is 20.9 Å². The van der Waals surface area contributed by atoms with Gasteiger partial charge in [0.25, 0.3) is 0 Å². The average molecular weight is 388 g/mol. The zero-order chi connectivity index (χ0) is 18.4. The summed E-state index contributed by atoms with van der Waals surface area (Å²) in [7, 11) is -4.58. The molecular weight excluding hydrogens is 365 g/mol. The van der Waals surface area contributed by atoms with E-state index >= 15 is 0 Å². The van der Waals surface area contributed by atoms with Gasteiger partial charge >= 0.3 is 8.17 Å². The van der Waals surface area contributed by atoms with Crippen LogP contribution in [-0.2, 0) is 13.9 Å². The van der Waals surface area contributed by atoms with Gasteiger partial charge in [0.2, 0.25) is 0 Å². The fourth-order valence-electron chi connectivity index (χ4n) is 3.33. The number of fused-ring (bicyclic) bond motifs is 1. The highest BCUT2D eigenvalue weighted by atomic mass is 31.2. The molecule has 0 aromatic heterocycles. The van der Waals surface area contributed by atoms with Crippen molar-refractivity contribution >= 4 is 8.17 Å². The predicted molar refractivity (Wildman–Crippen MR) is 79.4 cm³/mol. The van der Waals surface area contributed by atoms with Crippen LogP contribution in [-0.4, -0.2) is 97.8 Å². The van der Waals surface area contributed by atoms with Gasteiger partial charge in [0.15, 0.2) is 6.10 Å². The van der Waals surface area contributed by atoms with Crippen LogP contribution in [0.4, 0.5) is 0 Å². The van der Waals surface area contributed by atoms with Gasteiger partial charge in [-0.1, -0.05) is 0 Å². The highest BCUT2D eigenvalue weighted by Gasteiger charge is 2.58. The van der Waals surface area contributed by atoms with Gasteiger partial charge < -0.3 is 25.8 Å². The third kappa shape index (κ3) is 3.79. The molecule has 0 aliphatic carbocycles. The van der Waals surface area contributed by atoms with E-state index in [1.54, 1.807) is 4.90 Å². The lowest BCUT2D eigenvalue weighted by Crippen LogP contribution is -2.72. The summed E-state index contributed by atoms with van der Waals surface area (Å²) in [6.45, 7) is -0.383. The third-order valence-corrected chi connectivity index (χ3v) is 5.16. The van der Waals surface area contributed by atoms with E-state index in [1.165, 1.54) is 0 Å². The Morgan fingerprint density at radius 1 is 1.28 bits per heavy atom. The molecule has 8 atom stereocenters. The van der Waals surface area contributed by atoms with Crippen LogP contribution in [0.25, 0.3) is 0 Å². The molecule has 0 aromatic carbocycles. The van der Waals surface area contributed by atoms with Gasteiger partial charge in [-0.25, -0.2) is 10.2 Å². The maximum atomic E-state index is 10.5. The van der Waals surface area contributed by atoms with Crippen molar-refractivity contribution in [2.45, 2.75) is 49.3 Å². The van der Waals surface area contributed by atoms with E-state index in [9.17, 15) is 25.1 Å². The summed E-state index contributed by atoms with van der Waals surface area (Å²) in [6, 6.07) is -0.453. The van der Waals surface area contributed by atoms with Gasteiger partial charge in [0, 0.05) is 4.67 Å². The number of hydrogen-bond acceptors (Lipinski definition) is 14. The van der Waals surface area contributed by atoms with E-state index < -0.39 is 64.0 Å². The highest BCUT2D eigenvalue weighted by molar-refractivity contribution is 7.54. The van der Waals surface area contributed by atoms with Crippen LogP contribution in [0.5, 0.6) is 0 Å². The SMILES string of the molecule is NC1NC(O)C2NCN(C3OC(CO)C(O[P+](O)(O)OO)C3O)C2N1. The first-order valence-electron chi connectivity index (χ1n) is 7.53. The molecule has 3 saturated heterocycles. The summed E-state index contributed by atoms with van der Waals surface area (Å²) in [5.41, 5.74) is 5.75. The van der Waals surface area contributed by atoms with Gasteiger partial charge in [-0.3, -0.25) is 16.0 Å². The standard InChI is InChI=1S/C10H22N5O9P/c11-10-13-7-4(8(18)14-10)12-2-15(7)9-5(17)6(3(1-16)22-9)23-25(20,21)24-19/h3-10,12-14,16-18,20-21H,1-2,11H2/p+1. The Bertz CT molecular complexity index is 478. The topological polar surface area (TPSA) is 214 Å². The van der Waals surface area contributed by atoms with Gasteiger partial charge in [-0.15, -0.1) is 4.52 Å². The van der Waals surface area contributed by atoms with Crippen LogP contribution in [0, 0.1) is 0 Å². The minimum absolute atomic E-state index is 0.204. The molecule has 3 heterocycles. The van der Waals surface area contributed by atoms with E-state index in [0.29, 0.717) is 0 Å². The summed E-state index contributed by atoms with van der Waals surface area (Å²) >= 11 is 0. The largest absolute Gasteiger partial charge is 0.600 e. The molecule has 3 aliphatic rings. The van der Waals surface area contributed by atoms with Crippen LogP contribution in [0.15, 0.2) is 0 Å². The number of nitrogens with two attached hydrogens (primary N) is 1. The van der Waals surface area contributed by atoms with Crippen molar-refractivity contribution in [2.24, 2.45) is 5.73 Å². The maximum Gasteiger partial charge on any atom is 0.600 e. The van der Waals surface area contributed by atoms with E-state index in [0.717, 1.165) is 0 Å². The van der Waals surface area contributed by atoms with Crippen LogP contribution >= 0.6 is 8.17 Å². The Balaban J connectivity index is 1.74. The van der Waals surface area contributed by atoms with Crippen LogP contribution < -0.4 is 21.7 Å². The molecular formula is C10H23N5O9P+. The molecule has 15 heteroatoms. The first-order chi connectivity index (χ1) is 11.8. The van der Waals surface area contributed by atoms with Crippen molar-refractivity contribution in [3.8, 4) is 0 Å². The normalized spacial score (nSPS) is 45.7. The molecule has 14 nitrogen and oxygen atoms in total. The molecule has 0 aromatic rings. The number of rotatable bonds is 5. The number of hydrogen-bond donors (Lipinski definition) is 10. The molecule has 3 fully saturated rings. The lowest BCUT2D eigenvalue weighted by molar-refractivity contribution is -0.181. The summed E-state index contributed by atoms with van der Waals surface area (Å²) in [5.74, 6) is 0. The Morgan fingerprint density at radius 2 is 2.00 bits per heavy atom. The molecule has 0 bridgehead atoms. The Hall–Kier alpha value is -0.130. The second kappa shape index (κ2) is 7.47. The number of nitrogens with one attached hydrogen (secondary N) is 3. The average Bonchev–Trinajstić information content (AvgIpc) is 3.09. The zero-order valence-electron chi connectivity index (χ0n) is 12.9. The minimum atomic E-state index is -4.58. The molecule has 3 rings (SSSR count). The maximum absolute atomic E-state index is 10.5. The van der Waals surface area contributed by atoms with Crippen LogP contribution in [0.1, 0.15) is 0 Å². The van der Waals surface area contributed by atoms with Crippen molar-refractivity contribution in [2.75, 3.05) is 13.3 Å². The Morgan fingerprint density at radius 3 is 2.64 bits per heavy atom. The van der Waals surface area contributed by atoms with E-state index in [-0.39, 0.29) is 6.67 Å². The lowest BCUT2D eigenvalue weighted by Gasteiger charge is -2.40. The van der Waals surface area contributed by atoms with E-state index in [4.69, 9.17) is 20.3 Å². The monoisotopic (exact) mass is 388 g/mol. The smallest absolute Gasteiger partial charge is 0.394 e. The van der Waals surface area contributed by atoms with Crippen molar-refractivity contribution in [1.29, 1.82) is 0 Å². The van der Waals surface area contributed by atoms with E-state index in [2.05, 4.69) is 20.6 Å². The minimum Gasteiger partial charge on any atom is -0.394 e. The second-order valence-electron chi connectivity index (χ2n) is 5.98. The second-order valence-corrected chi connectivity index (χ2v) is 7.34. The molecule has 0 spiro atoms. The van der Waals surface area contributed by atoms with Gasteiger partial charge in [-0.2, -0.15) is 9.79 Å². The summed E-state index contributed by atoms with van der Waals surface area (Å²) in [6.07, 6.45) is -7.07. The molecule has 25 heavy (non-hydrogen) atoms. The van der Waals surface area contributed by atoms with E-state index in [1.807, 2.05) is 0 Å². The number of aliphatic hydroxyl groups excluding tert-OH is 3. The van der Waals surface area contributed by atoms with Crippen molar-refractivity contribution in [3.63, 3.8) is 0 Å². The number of ether oxygens (including phenoxy) is 1. The lowest BCUT2D eigenvalue weighted by atomic mass is 10.1. The summed E-state index contributed by atoms with van der Waals surface area (Å²) in [5, 5.41) is 47.1. The molecule has 11 N–H and O–H groups in total. The Kier molecular flexibility index (Phi) is 5.87. The molecule has 146 valence electrons. The van der Waals surface area contributed by atoms with Crippen molar-refractivity contribution < 1.29 is 44.3 Å². The van der Waals surface area contributed by atoms with Gasteiger partial charge in [-0.05, 0) is 0 Å². The fraction of sp³-hybridized carbons (Fsp3) is 1.00. The van der Waals surface area contributed by atoms with Gasteiger partial charge in [0.1, 0.15) is 31.0 Å². The molecule has 0 amide bonds. The number of aliphatic hydroxyl groups is 3. The summed E-state index contributed by atoms with van der Waals surface area (Å²) in [4.78, 5) is 20.3. The fourth-order valence-corrected chi connectivity index (χ4v) is 3.94. The molecule has 0 radical (unpaired) electrons. The molecule has 0 saturated carbocycles. The zero-order valence-corrected chi connectivity index (χ0v) is 13.8. The first kappa shape index (κ1) is 19.6. The van der Waals surface area contributed by atoms with Gasteiger partial charge in [0.05, 0.1) is 25.5 Å². The van der Waals surface area contributed by atoms with Crippen molar-refractivity contribution in [3.05, 3.63) is 0 Å². The quantitative estimate of drug-likeness (QED) is 0.121. The van der Waals surface area contributed by atoms with Crippen LogP contribution in [0.3, 0.4) is 0 Å². The predicted octanol–water partition coefficient (Wildman–Crippen LogP) is -5.09. The first-order valence-corrected chi connectivity index (χ1v) is 9.06. The molecule has 3 aliphatic heterocycles.